The Hall–Kier alpha value is -0.610. The maximum atomic E-state index is 11.9. The van der Waals surface area contributed by atoms with E-state index in [0.717, 1.165) is 35.3 Å². The smallest absolute Gasteiger partial charge is 0.119 e. The van der Waals surface area contributed by atoms with Crippen molar-refractivity contribution in [2.75, 3.05) is 19.8 Å². The summed E-state index contributed by atoms with van der Waals surface area (Å²) in [5.74, 6) is 0.801. The van der Waals surface area contributed by atoms with Gasteiger partial charge in [0.1, 0.15) is 5.75 Å². The zero-order valence-electron chi connectivity index (χ0n) is 10.1. The summed E-state index contributed by atoms with van der Waals surface area (Å²) in [7, 11) is 0. The Bertz CT molecular complexity index is 333. The van der Waals surface area contributed by atoms with Crippen LogP contribution in [0.4, 0.5) is 4.39 Å². The molecular formula is C13H19BrFNO. The molecule has 1 N–H and O–H groups in total. The zero-order chi connectivity index (χ0) is 12.5. The Kier molecular flexibility index (Phi) is 7.21. The van der Waals surface area contributed by atoms with Crippen LogP contribution < -0.4 is 10.1 Å². The molecule has 0 saturated heterocycles. The lowest BCUT2D eigenvalue weighted by atomic mass is 10.2. The molecule has 1 aromatic carbocycles. The Morgan fingerprint density at radius 2 is 2.24 bits per heavy atom. The van der Waals surface area contributed by atoms with E-state index in [1.807, 2.05) is 18.2 Å². The van der Waals surface area contributed by atoms with Gasteiger partial charge in [0.05, 0.1) is 13.3 Å². The van der Waals surface area contributed by atoms with Crippen molar-refractivity contribution in [3.8, 4) is 5.75 Å². The Balaban J connectivity index is 2.53. The number of nitrogens with one attached hydrogen (secondary N) is 1. The van der Waals surface area contributed by atoms with E-state index in [4.69, 9.17) is 4.74 Å². The van der Waals surface area contributed by atoms with Gasteiger partial charge in [-0.15, -0.1) is 0 Å². The van der Waals surface area contributed by atoms with Gasteiger partial charge in [0, 0.05) is 17.4 Å². The van der Waals surface area contributed by atoms with E-state index < -0.39 is 0 Å². The van der Waals surface area contributed by atoms with Crippen LogP contribution in [-0.2, 0) is 6.54 Å². The quantitative estimate of drug-likeness (QED) is 0.740. The molecule has 1 rings (SSSR count). The first kappa shape index (κ1) is 14.5. The van der Waals surface area contributed by atoms with Crippen LogP contribution in [-0.4, -0.2) is 19.8 Å². The van der Waals surface area contributed by atoms with Crippen LogP contribution in [0.25, 0.3) is 0 Å². The molecule has 0 aromatic heterocycles. The van der Waals surface area contributed by atoms with Gasteiger partial charge in [0.15, 0.2) is 0 Å². The number of alkyl halides is 1. The van der Waals surface area contributed by atoms with E-state index in [1.165, 1.54) is 0 Å². The highest BCUT2D eigenvalue weighted by Crippen LogP contribution is 2.22. The van der Waals surface area contributed by atoms with Crippen LogP contribution in [0, 0.1) is 0 Å². The molecule has 0 radical (unpaired) electrons. The third-order valence-corrected chi connectivity index (χ3v) is 3.08. The van der Waals surface area contributed by atoms with Gasteiger partial charge in [-0.25, -0.2) is 0 Å². The molecule has 0 heterocycles. The second-order valence-electron chi connectivity index (χ2n) is 3.82. The Labute approximate surface area is 111 Å². The minimum absolute atomic E-state index is 0.332. The zero-order valence-corrected chi connectivity index (χ0v) is 11.7. The minimum Gasteiger partial charge on any atom is -0.493 e. The molecule has 0 atom stereocenters. The molecule has 0 aliphatic rings. The molecule has 0 unspecified atom stereocenters. The maximum Gasteiger partial charge on any atom is 0.119 e. The summed E-state index contributed by atoms with van der Waals surface area (Å²) in [6.45, 7) is 4.05. The van der Waals surface area contributed by atoms with Crippen molar-refractivity contribution in [3.05, 3.63) is 28.2 Å². The van der Waals surface area contributed by atoms with E-state index in [9.17, 15) is 4.39 Å². The van der Waals surface area contributed by atoms with E-state index in [-0.39, 0.29) is 6.67 Å². The summed E-state index contributed by atoms with van der Waals surface area (Å²) in [6.07, 6.45) is 1.56. The third kappa shape index (κ3) is 5.50. The van der Waals surface area contributed by atoms with Crippen LogP contribution in [0.1, 0.15) is 25.3 Å². The lowest BCUT2D eigenvalue weighted by Gasteiger charge is -2.10. The Morgan fingerprint density at radius 3 is 2.94 bits per heavy atom. The number of ether oxygens (including phenoxy) is 1. The molecule has 0 saturated carbocycles. The summed E-state index contributed by atoms with van der Waals surface area (Å²) in [5, 5.41) is 3.34. The predicted octanol–water partition coefficient (Wildman–Crippen LogP) is 3.69. The second-order valence-corrected chi connectivity index (χ2v) is 4.68. The van der Waals surface area contributed by atoms with E-state index >= 15 is 0 Å². The van der Waals surface area contributed by atoms with Crippen LogP contribution >= 0.6 is 15.9 Å². The van der Waals surface area contributed by atoms with Crippen molar-refractivity contribution in [3.63, 3.8) is 0 Å². The molecule has 0 aliphatic carbocycles. The average molecular weight is 304 g/mol. The molecule has 4 heteroatoms. The SMILES string of the molecule is CCCNCc1cc(OCCCF)ccc1Br. The first-order chi connectivity index (χ1) is 8.27. The molecule has 0 bridgehead atoms. The maximum absolute atomic E-state index is 11.9. The molecular weight excluding hydrogens is 285 g/mol. The van der Waals surface area contributed by atoms with Gasteiger partial charge in [0.2, 0.25) is 0 Å². The summed E-state index contributed by atoms with van der Waals surface area (Å²) < 4.78 is 18.5. The molecule has 1 aromatic rings. The normalized spacial score (nSPS) is 10.5. The fourth-order valence-electron chi connectivity index (χ4n) is 1.42. The average Bonchev–Trinajstić information content (AvgIpc) is 2.33. The Morgan fingerprint density at radius 1 is 1.41 bits per heavy atom. The summed E-state index contributed by atoms with van der Waals surface area (Å²) >= 11 is 3.51. The summed E-state index contributed by atoms with van der Waals surface area (Å²) in [6, 6.07) is 5.85. The van der Waals surface area contributed by atoms with Crippen LogP contribution in [0.5, 0.6) is 5.75 Å². The number of benzene rings is 1. The molecule has 17 heavy (non-hydrogen) atoms. The minimum atomic E-state index is -0.332. The number of hydrogen-bond acceptors (Lipinski definition) is 2. The highest BCUT2D eigenvalue weighted by atomic mass is 79.9. The van der Waals surface area contributed by atoms with Crippen molar-refractivity contribution in [2.45, 2.75) is 26.3 Å². The van der Waals surface area contributed by atoms with Crippen LogP contribution in [0.2, 0.25) is 0 Å². The van der Waals surface area contributed by atoms with Gasteiger partial charge < -0.3 is 10.1 Å². The fraction of sp³-hybridized carbons (Fsp3) is 0.538. The fourth-order valence-corrected chi connectivity index (χ4v) is 1.81. The molecule has 0 fully saturated rings. The first-order valence-corrected chi connectivity index (χ1v) is 6.75. The van der Waals surface area contributed by atoms with Crippen molar-refractivity contribution >= 4 is 15.9 Å². The molecule has 0 amide bonds. The van der Waals surface area contributed by atoms with Crippen molar-refractivity contribution in [1.29, 1.82) is 0 Å². The monoisotopic (exact) mass is 303 g/mol. The van der Waals surface area contributed by atoms with Gasteiger partial charge in [-0.3, -0.25) is 4.39 Å². The van der Waals surface area contributed by atoms with Crippen molar-refractivity contribution in [2.24, 2.45) is 0 Å². The lowest BCUT2D eigenvalue weighted by Crippen LogP contribution is -2.14. The van der Waals surface area contributed by atoms with Crippen molar-refractivity contribution < 1.29 is 9.13 Å². The van der Waals surface area contributed by atoms with Gasteiger partial charge in [-0.1, -0.05) is 22.9 Å². The molecule has 0 spiro atoms. The van der Waals surface area contributed by atoms with E-state index in [1.54, 1.807) is 0 Å². The van der Waals surface area contributed by atoms with Crippen LogP contribution in [0.3, 0.4) is 0 Å². The lowest BCUT2D eigenvalue weighted by molar-refractivity contribution is 0.289. The van der Waals surface area contributed by atoms with Gasteiger partial charge in [-0.2, -0.15) is 0 Å². The molecule has 2 nitrogen and oxygen atoms in total. The second kappa shape index (κ2) is 8.48. The standard InChI is InChI=1S/C13H19BrFNO/c1-2-7-16-10-11-9-12(4-5-13(11)14)17-8-3-6-15/h4-5,9,16H,2-3,6-8,10H2,1H3. The highest BCUT2D eigenvalue weighted by Gasteiger charge is 2.02. The summed E-state index contributed by atoms with van der Waals surface area (Å²) in [4.78, 5) is 0. The largest absolute Gasteiger partial charge is 0.493 e. The van der Waals surface area contributed by atoms with Gasteiger partial charge >= 0.3 is 0 Å². The van der Waals surface area contributed by atoms with Crippen molar-refractivity contribution in [1.82, 2.24) is 5.32 Å². The third-order valence-electron chi connectivity index (χ3n) is 2.31. The van der Waals surface area contributed by atoms with Gasteiger partial charge in [-0.05, 0) is 36.7 Å². The summed E-state index contributed by atoms with van der Waals surface area (Å²) in [5.41, 5.74) is 1.16. The number of hydrogen-bond donors (Lipinski definition) is 1. The van der Waals surface area contributed by atoms with E-state index in [2.05, 4.69) is 28.2 Å². The highest BCUT2D eigenvalue weighted by molar-refractivity contribution is 9.10. The number of halogens is 2. The number of rotatable bonds is 8. The first-order valence-electron chi connectivity index (χ1n) is 5.95. The van der Waals surface area contributed by atoms with Gasteiger partial charge in [0.25, 0.3) is 0 Å². The van der Waals surface area contributed by atoms with Crippen LogP contribution in [0.15, 0.2) is 22.7 Å². The molecule has 96 valence electrons. The molecule has 0 aliphatic heterocycles. The topological polar surface area (TPSA) is 21.3 Å². The van der Waals surface area contributed by atoms with E-state index in [0.29, 0.717) is 13.0 Å². The predicted molar refractivity (Wildman–Crippen MR) is 72.2 cm³/mol.